The number of hydrogen-bond acceptors (Lipinski definition) is 0. The largest absolute Gasteiger partial charge is 0.216 e. The van der Waals surface area contributed by atoms with E-state index in [9.17, 15) is 4.39 Å². The molecule has 0 radical (unpaired) electrons. The van der Waals surface area contributed by atoms with Gasteiger partial charge in [-0.1, -0.05) is 56.8 Å². The number of unbranched alkanes of at least 4 members (excludes halogenated alkanes) is 2. The van der Waals surface area contributed by atoms with Gasteiger partial charge in [-0.3, -0.25) is 0 Å². The van der Waals surface area contributed by atoms with Gasteiger partial charge < -0.3 is 0 Å². The predicted molar refractivity (Wildman–Crippen MR) is 82.8 cm³/mol. The second-order valence-corrected chi connectivity index (χ2v) is 5.76. The van der Waals surface area contributed by atoms with Gasteiger partial charge in [-0.05, 0) is 50.2 Å². The van der Waals surface area contributed by atoms with Crippen molar-refractivity contribution in [2.75, 3.05) is 0 Å². The lowest BCUT2D eigenvalue weighted by atomic mass is 9.83. The Kier molecular flexibility index (Phi) is 8.53. The minimum Gasteiger partial charge on any atom is -0.216 e. The van der Waals surface area contributed by atoms with E-state index >= 15 is 0 Å². The topological polar surface area (TPSA) is 0 Å². The SMILES string of the molecule is CCCCC/C(C)=C/C=C(\C=C\F)C1CCCCC1. The van der Waals surface area contributed by atoms with Crippen molar-refractivity contribution in [1.82, 2.24) is 0 Å². The lowest BCUT2D eigenvalue weighted by Crippen LogP contribution is -2.07. The maximum atomic E-state index is 12.5. The summed E-state index contributed by atoms with van der Waals surface area (Å²) in [6.45, 7) is 4.41. The first-order valence-electron chi connectivity index (χ1n) is 7.92. The minimum atomic E-state index is 0.570. The Morgan fingerprint density at radius 2 is 1.84 bits per heavy atom. The van der Waals surface area contributed by atoms with E-state index in [1.807, 2.05) is 0 Å². The molecule has 1 heteroatoms. The first-order chi connectivity index (χ1) is 9.27. The molecule has 0 aromatic carbocycles. The van der Waals surface area contributed by atoms with Crippen LogP contribution in [0.15, 0.2) is 35.7 Å². The van der Waals surface area contributed by atoms with Gasteiger partial charge in [0, 0.05) is 0 Å². The highest BCUT2D eigenvalue weighted by Gasteiger charge is 2.15. The summed E-state index contributed by atoms with van der Waals surface area (Å²) < 4.78 is 12.5. The molecule has 0 aromatic rings. The standard InChI is InChI=1S/C18H29F/c1-3-4-6-9-16(2)12-13-18(14-15-19)17-10-7-5-8-11-17/h12-15,17H,3-11H2,1-2H3/b15-14+,16-12+,18-13+. The van der Waals surface area contributed by atoms with Crippen molar-refractivity contribution in [3.63, 3.8) is 0 Å². The van der Waals surface area contributed by atoms with Crippen LogP contribution in [0.4, 0.5) is 4.39 Å². The van der Waals surface area contributed by atoms with Crippen LogP contribution in [0, 0.1) is 5.92 Å². The van der Waals surface area contributed by atoms with Gasteiger partial charge in [0.05, 0.1) is 6.33 Å². The lowest BCUT2D eigenvalue weighted by Gasteiger charge is -2.22. The molecule has 1 aliphatic carbocycles. The van der Waals surface area contributed by atoms with E-state index in [-0.39, 0.29) is 0 Å². The Morgan fingerprint density at radius 1 is 1.11 bits per heavy atom. The molecular weight excluding hydrogens is 235 g/mol. The molecule has 108 valence electrons. The van der Waals surface area contributed by atoms with Crippen LogP contribution in [-0.4, -0.2) is 0 Å². The third-order valence-corrected chi connectivity index (χ3v) is 4.07. The van der Waals surface area contributed by atoms with Crippen LogP contribution < -0.4 is 0 Å². The van der Waals surface area contributed by atoms with Gasteiger partial charge >= 0.3 is 0 Å². The lowest BCUT2D eigenvalue weighted by molar-refractivity contribution is 0.408. The molecule has 0 nitrogen and oxygen atoms in total. The molecule has 0 amide bonds. The fraction of sp³-hybridized carbons (Fsp3) is 0.667. The highest BCUT2D eigenvalue weighted by atomic mass is 19.1. The average Bonchev–Trinajstić information content (AvgIpc) is 2.44. The predicted octanol–water partition coefficient (Wildman–Crippen LogP) is 6.50. The second kappa shape index (κ2) is 10.00. The van der Waals surface area contributed by atoms with Gasteiger partial charge in [-0.2, -0.15) is 0 Å². The Hall–Kier alpha value is -0.850. The molecule has 1 aliphatic rings. The third kappa shape index (κ3) is 6.75. The molecule has 19 heavy (non-hydrogen) atoms. The van der Waals surface area contributed by atoms with Gasteiger partial charge in [-0.15, -0.1) is 0 Å². The molecule has 0 bridgehead atoms. The van der Waals surface area contributed by atoms with Crippen LogP contribution in [0.3, 0.4) is 0 Å². The Bertz CT molecular complexity index is 317. The van der Waals surface area contributed by atoms with E-state index in [0.29, 0.717) is 12.2 Å². The summed E-state index contributed by atoms with van der Waals surface area (Å²) in [5, 5.41) is 0. The van der Waals surface area contributed by atoms with Gasteiger partial charge in [0.15, 0.2) is 0 Å². The molecule has 0 spiro atoms. The third-order valence-electron chi connectivity index (χ3n) is 4.07. The smallest absolute Gasteiger partial charge is 0.0869 e. The molecule has 0 N–H and O–H groups in total. The van der Waals surface area contributed by atoms with Crippen molar-refractivity contribution >= 4 is 0 Å². The summed E-state index contributed by atoms with van der Waals surface area (Å²) in [5.74, 6) is 0.570. The molecule has 0 unspecified atom stereocenters. The Labute approximate surface area is 118 Å². The fourth-order valence-electron chi connectivity index (χ4n) is 2.81. The van der Waals surface area contributed by atoms with E-state index in [1.54, 1.807) is 6.08 Å². The highest BCUT2D eigenvalue weighted by molar-refractivity contribution is 5.27. The van der Waals surface area contributed by atoms with Crippen molar-refractivity contribution in [2.24, 2.45) is 5.92 Å². The van der Waals surface area contributed by atoms with Gasteiger partial charge in [-0.25, -0.2) is 4.39 Å². The van der Waals surface area contributed by atoms with Gasteiger partial charge in [0.1, 0.15) is 0 Å². The van der Waals surface area contributed by atoms with Gasteiger partial charge in [0.25, 0.3) is 0 Å². The maximum Gasteiger partial charge on any atom is 0.0869 e. The zero-order chi connectivity index (χ0) is 13.9. The molecule has 1 fully saturated rings. The number of allylic oxidation sites excluding steroid dienone is 5. The zero-order valence-corrected chi connectivity index (χ0v) is 12.6. The van der Waals surface area contributed by atoms with E-state index in [0.717, 1.165) is 0 Å². The minimum absolute atomic E-state index is 0.570. The number of halogens is 1. The number of hydrogen-bond donors (Lipinski definition) is 0. The fourth-order valence-corrected chi connectivity index (χ4v) is 2.81. The zero-order valence-electron chi connectivity index (χ0n) is 12.6. The summed E-state index contributed by atoms with van der Waals surface area (Å²) in [6, 6.07) is 0. The normalized spacial score (nSPS) is 19.3. The molecular formula is C18H29F. The average molecular weight is 264 g/mol. The van der Waals surface area contributed by atoms with Crippen LogP contribution in [-0.2, 0) is 0 Å². The van der Waals surface area contributed by atoms with Crippen LogP contribution in [0.1, 0.15) is 71.6 Å². The van der Waals surface area contributed by atoms with Crippen LogP contribution in [0.5, 0.6) is 0 Å². The molecule has 1 saturated carbocycles. The molecule has 0 aliphatic heterocycles. The molecule has 1 rings (SSSR count). The van der Waals surface area contributed by atoms with E-state index in [1.165, 1.54) is 68.9 Å². The summed E-state index contributed by atoms with van der Waals surface area (Å²) in [4.78, 5) is 0. The van der Waals surface area contributed by atoms with Crippen molar-refractivity contribution < 1.29 is 4.39 Å². The van der Waals surface area contributed by atoms with Crippen molar-refractivity contribution in [3.05, 3.63) is 35.7 Å². The quantitative estimate of drug-likeness (QED) is 0.363. The summed E-state index contributed by atoms with van der Waals surface area (Å²) >= 11 is 0. The maximum absolute atomic E-state index is 12.5. The van der Waals surface area contributed by atoms with Crippen LogP contribution >= 0.6 is 0 Å². The van der Waals surface area contributed by atoms with Crippen molar-refractivity contribution in [1.29, 1.82) is 0 Å². The molecule has 0 heterocycles. The van der Waals surface area contributed by atoms with E-state index in [4.69, 9.17) is 0 Å². The number of rotatable bonds is 7. The van der Waals surface area contributed by atoms with Gasteiger partial charge in [0.2, 0.25) is 0 Å². The Balaban J connectivity index is 2.58. The summed E-state index contributed by atoms with van der Waals surface area (Å²) in [7, 11) is 0. The van der Waals surface area contributed by atoms with Crippen LogP contribution in [0.2, 0.25) is 0 Å². The highest BCUT2D eigenvalue weighted by Crippen LogP contribution is 2.30. The van der Waals surface area contributed by atoms with Crippen molar-refractivity contribution in [3.8, 4) is 0 Å². The van der Waals surface area contributed by atoms with E-state index < -0.39 is 0 Å². The molecule has 0 aromatic heterocycles. The summed E-state index contributed by atoms with van der Waals surface area (Å²) in [5.41, 5.74) is 2.59. The van der Waals surface area contributed by atoms with E-state index in [2.05, 4.69) is 26.0 Å². The molecule has 0 saturated heterocycles. The Morgan fingerprint density at radius 3 is 2.47 bits per heavy atom. The first-order valence-corrected chi connectivity index (χ1v) is 7.92. The summed E-state index contributed by atoms with van der Waals surface area (Å²) in [6.07, 6.45) is 18.1. The van der Waals surface area contributed by atoms with Crippen molar-refractivity contribution in [2.45, 2.75) is 71.6 Å². The first kappa shape index (κ1) is 16.2. The molecule has 0 atom stereocenters. The monoisotopic (exact) mass is 264 g/mol. The van der Waals surface area contributed by atoms with Crippen LogP contribution in [0.25, 0.3) is 0 Å². The second-order valence-electron chi connectivity index (χ2n) is 5.76.